The molecule has 3 nitrogen and oxygen atoms in total. The van der Waals surface area contributed by atoms with Crippen LogP contribution < -0.4 is 0 Å². The lowest BCUT2D eigenvalue weighted by atomic mass is 9.71. The number of hydrogen-bond acceptors (Lipinski definition) is 3. The first-order valence-corrected chi connectivity index (χ1v) is 6.97. The van der Waals surface area contributed by atoms with Crippen LogP contribution in [0.5, 0.6) is 0 Å². The van der Waals surface area contributed by atoms with Gasteiger partial charge in [0.15, 0.2) is 0 Å². The minimum absolute atomic E-state index is 0.100. The number of nitrogens with zero attached hydrogens (tertiary/aromatic N) is 1. The van der Waals surface area contributed by atoms with E-state index in [0.29, 0.717) is 11.5 Å². The molecule has 2 atom stereocenters. The smallest absolute Gasteiger partial charge is 0.0589 e. The fourth-order valence-electron chi connectivity index (χ4n) is 3.18. The number of rotatable bonds is 5. The summed E-state index contributed by atoms with van der Waals surface area (Å²) in [6.45, 7) is 6.53. The number of hydrogen-bond donors (Lipinski definition) is 1. The lowest BCUT2D eigenvalue weighted by Gasteiger charge is -2.47. The van der Waals surface area contributed by atoms with Crippen molar-refractivity contribution < 1.29 is 9.84 Å². The van der Waals surface area contributed by atoms with Crippen molar-refractivity contribution in [3.05, 3.63) is 0 Å². The number of aliphatic hydroxyl groups is 1. The van der Waals surface area contributed by atoms with E-state index < -0.39 is 0 Å². The third-order valence-corrected chi connectivity index (χ3v) is 4.49. The molecule has 3 heteroatoms. The van der Waals surface area contributed by atoms with Crippen molar-refractivity contribution in [3.8, 4) is 0 Å². The summed E-state index contributed by atoms with van der Waals surface area (Å²) in [5.74, 6) is 0. The maximum atomic E-state index is 9.93. The average Bonchev–Trinajstić information content (AvgIpc) is 3.08. The first-order valence-electron chi connectivity index (χ1n) is 6.97. The molecule has 2 unspecified atom stereocenters. The predicted molar refractivity (Wildman–Crippen MR) is 69.0 cm³/mol. The van der Waals surface area contributed by atoms with Gasteiger partial charge in [-0.2, -0.15) is 0 Å². The van der Waals surface area contributed by atoms with Crippen molar-refractivity contribution in [3.63, 3.8) is 0 Å². The Morgan fingerprint density at radius 3 is 2.59 bits per heavy atom. The highest BCUT2D eigenvalue weighted by molar-refractivity contribution is 4.98. The van der Waals surface area contributed by atoms with Gasteiger partial charge in [-0.3, -0.25) is 4.90 Å². The van der Waals surface area contributed by atoms with Crippen LogP contribution in [0.2, 0.25) is 0 Å². The molecule has 17 heavy (non-hydrogen) atoms. The summed E-state index contributed by atoms with van der Waals surface area (Å²) in [5, 5.41) is 9.93. The van der Waals surface area contributed by atoms with E-state index in [4.69, 9.17) is 4.74 Å². The Labute approximate surface area is 105 Å². The second kappa shape index (κ2) is 5.25. The van der Waals surface area contributed by atoms with E-state index in [0.717, 1.165) is 38.5 Å². The van der Waals surface area contributed by atoms with Crippen LogP contribution in [0.25, 0.3) is 0 Å². The summed E-state index contributed by atoms with van der Waals surface area (Å²) < 4.78 is 5.23. The van der Waals surface area contributed by atoms with Gasteiger partial charge in [0, 0.05) is 25.7 Å². The van der Waals surface area contributed by atoms with Crippen molar-refractivity contribution in [2.45, 2.75) is 64.1 Å². The molecule has 0 heterocycles. The van der Waals surface area contributed by atoms with Crippen LogP contribution in [0, 0.1) is 5.41 Å². The minimum Gasteiger partial charge on any atom is -0.393 e. The summed E-state index contributed by atoms with van der Waals surface area (Å²) in [7, 11) is 1.77. The van der Waals surface area contributed by atoms with Crippen molar-refractivity contribution in [1.82, 2.24) is 4.90 Å². The van der Waals surface area contributed by atoms with Gasteiger partial charge in [0.2, 0.25) is 0 Å². The Balaban J connectivity index is 2.03. The standard InChI is InChI=1S/C14H27NO2/c1-14(2)7-6-12(16)10-13(14)15(8-9-17-3)11-4-5-11/h11-13,16H,4-10H2,1-3H3. The average molecular weight is 241 g/mol. The molecule has 0 aliphatic heterocycles. The van der Waals surface area contributed by atoms with Crippen molar-refractivity contribution >= 4 is 0 Å². The lowest BCUT2D eigenvalue weighted by molar-refractivity contribution is -0.0230. The minimum atomic E-state index is -0.100. The van der Waals surface area contributed by atoms with Gasteiger partial charge in [0.25, 0.3) is 0 Å². The molecule has 100 valence electrons. The molecule has 0 amide bonds. The van der Waals surface area contributed by atoms with Crippen LogP contribution in [-0.4, -0.2) is 48.5 Å². The quantitative estimate of drug-likeness (QED) is 0.799. The van der Waals surface area contributed by atoms with Crippen LogP contribution in [0.1, 0.15) is 46.0 Å². The van der Waals surface area contributed by atoms with Crippen LogP contribution in [0.4, 0.5) is 0 Å². The van der Waals surface area contributed by atoms with E-state index in [9.17, 15) is 5.11 Å². The molecule has 0 aromatic carbocycles. The van der Waals surface area contributed by atoms with E-state index in [1.165, 1.54) is 12.8 Å². The van der Waals surface area contributed by atoms with Gasteiger partial charge < -0.3 is 9.84 Å². The summed E-state index contributed by atoms with van der Waals surface area (Å²) in [6.07, 6.45) is 5.59. The van der Waals surface area contributed by atoms with Gasteiger partial charge in [-0.05, 0) is 37.5 Å². The molecule has 0 aromatic rings. The first-order chi connectivity index (χ1) is 8.04. The Bertz CT molecular complexity index is 251. The Morgan fingerprint density at radius 1 is 1.29 bits per heavy atom. The van der Waals surface area contributed by atoms with Crippen molar-refractivity contribution in [2.24, 2.45) is 5.41 Å². The van der Waals surface area contributed by atoms with Crippen LogP contribution in [0.3, 0.4) is 0 Å². The van der Waals surface area contributed by atoms with E-state index in [2.05, 4.69) is 18.7 Å². The molecule has 0 saturated heterocycles. The molecule has 0 aromatic heterocycles. The summed E-state index contributed by atoms with van der Waals surface area (Å²) >= 11 is 0. The van der Waals surface area contributed by atoms with Crippen molar-refractivity contribution in [2.75, 3.05) is 20.3 Å². The molecule has 2 fully saturated rings. The van der Waals surface area contributed by atoms with Crippen LogP contribution in [0.15, 0.2) is 0 Å². The number of methoxy groups -OCH3 is 1. The van der Waals surface area contributed by atoms with E-state index in [1.54, 1.807) is 7.11 Å². The summed E-state index contributed by atoms with van der Waals surface area (Å²) in [5.41, 5.74) is 0.329. The Morgan fingerprint density at radius 2 is 2.00 bits per heavy atom. The number of ether oxygens (including phenoxy) is 1. The number of aliphatic hydroxyl groups excluding tert-OH is 1. The Hall–Kier alpha value is -0.120. The molecule has 1 N–H and O–H groups in total. The first kappa shape index (κ1) is 13.3. The maximum absolute atomic E-state index is 9.93. The normalized spacial score (nSPS) is 33.0. The fraction of sp³-hybridized carbons (Fsp3) is 1.00. The molecule has 0 spiro atoms. The maximum Gasteiger partial charge on any atom is 0.0589 e. The van der Waals surface area contributed by atoms with E-state index >= 15 is 0 Å². The van der Waals surface area contributed by atoms with Gasteiger partial charge in [0.05, 0.1) is 12.7 Å². The van der Waals surface area contributed by atoms with Gasteiger partial charge >= 0.3 is 0 Å². The van der Waals surface area contributed by atoms with Gasteiger partial charge in [-0.1, -0.05) is 13.8 Å². The molecule has 0 bridgehead atoms. The highest BCUT2D eigenvalue weighted by Crippen LogP contribution is 2.42. The fourth-order valence-corrected chi connectivity index (χ4v) is 3.18. The molecular formula is C14H27NO2. The van der Waals surface area contributed by atoms with E-state index in [1.807, 2.05) is 0 Å². The molecule has 2 aliphatic rings. The van der Waals surface area contributed by atoms with E-state index in [-0.39, 0.29) is 6.10 Å². The third-order valence-electron chi connectivity index (χ3n) is 4.49. The topological polar surface area (TPSA) is 32.7 Å². The highest BCUT2D eigenvalue weighted by Gasteiger charge is 2.43. The third kappa shape index (κ3) is 3.21. The molecule has 2 aliphatic carbocycles. The molecule has 0 radical (unpaired) electrons. The van der Waals surface area contributed by atoms with Gasteiger partial charge in [-0.25, -0.2) is 0 Å². The van der Waals surface area contributed by atoms with Crippen molar-refractivity contribution in [1.29, 1.82) is 0 Å². The monoisotopic (exact) mass is 241 g/mol. The van der Waals surface area contributed by atoms with Gasteiger partial charge in [-0.15, -0.1) is 0 Å². The molecule has 2 rings (SSSR count). The second-order valence-electron chi connectivity index (χ2n) is 6.39. The second-order valence-corrected chi connectivity index (χ2v) is 6.39. The zero-order valence-electron chi connectivity index (χ0n) is 11.5. The largest absolute Gasteiger partial charge is 0.393 e. The summed E-state index contributed by atoms with van der Waals surface area (Å²) in [6, 6.07) is 1.27. The van der Waals surface area contributed by atoms with Gasteiger partial charge in [0.1, 0.15) is 0 Å². The predicted octanol–water partition coefficient (Wildman–Crippen LogP) is 2.04. The van der Waals surface area contributed by atoms with Crippen LogP contribution in [-0.2, 0) is 4.74 Å². The zero-order valence-corrected chi connectivity index (χ0v) is 11.5. The van der Waals surface area contributed by atoms with Crippen LogP contribution >= 0.6 is 0 Å². The highest BCUT2D eigenvalue weighted by atomic mass is 16.5. The SMILES string of the molecule is COCCN(C1CC1)C1CC(O)CCC1(C)C. The Kier molecular flexibility index (Phi) is 4.11. The zero-order chi connectivity index (χ0) is 12.5. The molecule has 2 saturated carbocycles. The molecular weight excluding hydrogens is 214 g/mol. The lowest BCUT2D eigenvalue weighted by Crippen LogP contribution is -2.52. The summed E-state index contributed by atoms with van der Waals surface area (Å²) in [4.78, 5) is 2.60.